The number of nitrogens with zero attached hydrogens (tertiary/aromatic N) is 1. The van der Waals surface area contributed by atoms with Crippen molar-refractivity contribution >= 4 is 23.9 Å². The average molecular weight is 481 g/mol. The summed E-state index contributed by atoms with van der Waals surface area (Å²) in [6.07, 6.45) is -2.01. The van der Waals surface area contributed by atoms with Crippen LogP contribution in [0.2, 0.25) is 0 Å². The van der Waals surface area contributed by atoms with Crippen LogP contribution in [-0.4, -0.2) is 52.6 Å². The first-order valence-electron chi connectivity index (χ1n) is 11.0. The third-order valence-electron chi connectivity index (χ3n) is 5.67. The van der Waals surface area contributed by atoms with Crippen molar-refractivity contribution in [3.63, 3.8) is 0 Å². The van der Waals surface area contributed by atoms with Crippen molar-refractivity contribution in [2.45, 2.75) is 77.0 Å². The van der Waals surface area contributed by atoms with Crippen LogP contribution in [0.25, 0.3) is 0 Å². The van der Waals surface area contributed by atoms with Gasteiger partial charge in [0.05, 0.1) is 12.5 Å². The molecule has 0 bridgehead atoms. The van der Waals surface area contributed by atoms with E-state index in [-0.39, 0.29) is 6.54 Å². The predicted octanol–water partition coefficient (Wildman–Crippen LogP) is 3.85. The summed E-state index contributed by atoms with van der Waals surface area (Å²) in [5.74, 6) is -3.44. The minimum Gasteiger partial charge on any atom is -0.444 e. The van der Waals surface area contributed by atoms with Crippen molar-refractivity contribution < 1.29 is 37.4 Å². The number of alkyl carbamates (subject to hydrolysis) is 1. The van der Waals surface area contributed by atoms with Crippen LogP contribution >= 0.6 is 0 Å². The third kappa shape index (κ3) is 5.71. The first-order chi connectivity index (χ1) is 15.5. The maximum absolute atomic E-state index is 13.9. The number of ether oxygens (including phenoxy) is 2. The van der Waals surface area contributed by atoms with Crippen molar-refractivity contribution in [2.75, 3.05) is 6.54 Å². The van der Waals surface area contributed by atoms with Gasteiger partial charge in [0.15, 0.2) is 5.78 Å². The van der Waals surface area contributed by atoms with E-state index in [1.807, 2.05) is 5.32 Å². The van der Waals surface area contributed by atoms with E-state index in [2.05, 4.69) is 0 Å². The molecular formula is C24H30F2N2O6. The Kier molecular flexibility index (Phi) is 6.49. The molecule has 10 heteroatoms. The quantitative estimate of drug-likeness (QED) is 0.657. The second-order valence-corrected chi connectivity index (χ2v) is 10.9. The van der Waals surface area contributed by atoms with E-state index >= 15 is 0 Å². The number of halogens is 2. The molecule has 8 nitrogen and oxygen atoms in total. The van der Waals surface area contributed by atoms with Gasteiger partial charge in [-0.3, -0.25) is 19.8 Å². The zero-order valence-electron chi connectivity index (χ0n) is 20.2. The van der Waals surface area contributed by atoms with Gasteiger partial charge in [0.2, 0.25) is 5.91 Å². The van der Waals surface area contributed by atoms with Crippen molar-refractivity contribution in [3.8, 4) is 0 Å². The number of hydrogen-bond acceptors (Lipinski definition) is 6. The van der Waals surface area contributed by atoms with Crippen LogP contribution in [0.5, 0.6) is 0 Å². The zero-order chi connectivity index (χ0) is 25.6. The molecular weight excluding hydrogens is 450 g/mol. The van der Waals surface area contributed by atoms with Crippen molar-refractivity contribution in [3.05, 3.63) is 35.4 Å². The minimum absolute atomic E-state index is 0.0135. The average Bonchev–Trinajstić information content (AvgIpc) is 3.22. The van der Waals surface area contributed by atoms with E-state index < -0.39 is 70.5 Å². The summed E-state index contributed by atoms with van der Waals surface area (Å²) in [4.78, 5) is 51.4. The van der Waals surface area contributed by atoms with Crippen LogP contribution in [0.1, 0.15) is 59.9 Å². The van der Waals surface area contributed by atoms with Crippen molar-refractivity contribution in [1.29, 1.82) is 0 Å². The topological polar surface area (TPSA) is 102 Å². The van der Waals surface area contributed by atoms with E-state index in [1.165, 1.54) is 17.0 Å². The summed E-state index contributed by atoms with van der Waals surface area (Å²) in [5, 5.41) is 2.00. The molecule has 3 amide bonds. The van der Waals surface area contributed by atoms with Crippen molar-refractivity contribution in [1.82, 2.24) is 10.2 Å². The van der Waals surface area contributed by atoms with Crippen LogP contribution in [0.3, 0.4) is 0 Å². The molecule has 0 aromatic heterocycles. The molecule has 0 spiro atoms. The van der Waals surface area contributed by atoms with Crippen LogP contribution in [0, 0.1) is 17.6 Å². The molecule has 1 aliphatic carbocycles. The fraction of sp³-hybridized carbons (Fsp3) is 0.583. The number of Topliss-reactive ketones (excluding diaryl/α,β-unsaturated/α-hetero) is 1. The highest BCUT2D eigenvalue weighted by molar-refractivity contribution is 6.06. The summed E-state index contributed by atoms with van der Waals surface area (Å²) >= 11 is 0. The van der Waals surface area contributed by atoms with E-state index in [0.29, 0.717) is 12.0 Å². The van der Waals surface area contributed by atoms with E-state index in [0.717, 1.165) is 6.07 Å². The normalized spacial score (nSPS) is 23.7. The Labute approximate surface area is 197 Å². The number of hydrogen-bond donors (Lipinski definition) is 1. The molecule has 2 aliphatic rings. The number of ketones is 1. The van der Waals surface area contributed by atoms with Crippen molar-refractivity contribution in [2.24, 2.45) is 5.92 Å². The highest BCUT2D eigenvalue weighted by Crippen LogP contribution is 2.62. The molecule has 1 unspecified atom stereocenters. The Morgan fingerprint density at radius 3 is 2.09 bits per heavy atom. The van der Waals surface area contributed by atoms with Gasteiger partial charge in [-0.25, -0.2) is 18.4 Å². The molecule has 1 aliphatic heterocycles. The van der Waals surface area contributed by atoms with Gasteiger partial charge in [0.25, 0.3) is 0 Å². The number of amides is 3. The Bertz CT molecular complexity index is 1010. The first-order valence-corrected chi connectivity index (χ1v) is 11.0. The number of rotatable bonds is 4. The Hall–Kier alpha value is -3.04. The smallest absolute Gasteiger partial charge is 0.414 e. The molecule has 1 N–H and O–H groups in total. The molecule has 2 fully saturated rings. The lowest BCUT2D eigenvalue weighted by Gasteiger charge is -2.30. The highest BCUT2D eigenvalue weighted by atomic mass is 19.1. The Balaban J connectivity index is 1.81. The first kappa shape index (κ1) is 25.6. The molecule has 1 aromatic carbocycles. The predicted molar refractivity (Wildman–Crippen MR) is 117 cm³/mol. The second kappa shape index (κ2) is 8.63. The summed E-state index contributed by atoms with van der Waals surface area (Å²) in [7, 11) is 0. The summed E-state index contributed by atoms with van der Waals surface area (Å²) in [6, 6.07) is 2.10. The van der Waals surface area contributed by atoms with Gasteiger partial charge in [0, 0.05) is 18.0 Å². The van der Waals surface area contributed by atoms with Crippen LogP contribution in [0.4, 0.5) is 18.4 Å². The summed E-state index contributed by atoms with van der Waals surface area (Å²) in [5.41, 5.74) is -2.15. The van der Waals surface area contributed by atoms with Gasteiger partial charge in [0.1, 0.15) is 22.8 Å². The summed E-state index contributed by atoms with van der Waals surface area (Å²) < 4.78 is 38.3. The number of carbonyl (C=O) groups is 4. The zero-order valence-corrected chi connectivity index (χ0v) is 20.2. The number of nitrogens with one attached hydrogen (secondary N) is 1. The minimum atomic E-state index is -1.04. The van der Waals surface area contributed by atoms with Gasteiger partial charge in [-0.1, -0.05) is 0 Å². The lowest BCUT2D eigenvalue weighted by Crippen LogP contribution is -2.47. The Morgan fingerprint density at radius 2 is 1.56 bits per heavy atom. The number of fused-ring (bicyclic) bond motifs is 1. The largest absolute Gasteiger partial charge is 0.444 e. The molecule has 3 rings (SSSR count). The molecule has 1 aromatic rings. The maximum atomic E-state index is 13.9. The second-order valence-electron chi connectivity index (χ2n) is 10.9. The van der Waals surface area contributed by atoms with Gasteiger partial charge >= 0.3 is 12.2 Å². The maximum Gasteiger partial charge on any atom is 0.414 e. The Morgan fingerprint density at radius 1 is 1.00 bits per heavy atom. The molecule has 1 saturated heterocycles. The van der Waals surface area contributed by atoms with E-state index in [4.69, 9.17) is 9.47 Å². The molecule has 0 radical (unpaired) electrons. The van der Waals surface area contributed by atoms with Gasteiger partial charge in [-0.15, -0.1) is 0 Å². The van der Waals surface area contributed by atoms with Gasteiger partial charge in [-0.2, -0.15) is 0 Å². The van der Waals surface area contributed by atoms with Gasteiger partial charge < -0.3 is 9.47 Å². The number of likely N-dealkylation sites (tertiary alicyclic amines) is 1. The number of imide groups is 1. The molecule has 186 valence electrons. The van der Waals surface area contributed by atoms with E-state index in [9.17, 15) is 28.0 Å². The number of benzene rings is 1. The molecule has 34 heavy (non-hydrogen) atoms. The van der Waals surface area contributed by atoms with Crippen LogP contribution < -0.4 is 5.32 Å². The lowest BCUT2D eigenvalue weighted by atomic mass is 9.93. The van der Waals surface area contributed by atoms with Crippen LogP contribution in [-0.2, 0) is 24.5 Å². The number of carbonyl (C=O) groups excluding carboxylic acids is 4. The fourth-order valence-electron chi connectivity index (χ4n) is 4.43. The third-order valence-corrected chi connectivity index (χ3v) is 5.67. The SMILES string of the molecule is CC(C)(C)OC(=O)NC(=O)CC(=O)C1[C@@H]2C[C@]2(c2cc(F)cc(F)c2)CN1C(=O)OC(C)(C)C. The lowest BCUT2D eigenvalue weighted by molar-refractivity contribution is -0.130. The molecule has 1 heterocycles. The van der Waals surface area contributed by atoms with Gasteiger partial charge in [-0.05, 0) is 71.6 Å². The van der Waals surface area contributed by atoms with Crippen LogP contribution in [0.15, 0.2) is 18.2 Å². The fourth-order valence-corrected chi connectivity index (χ4v) is 4.43. The van der Waals surface area contributed by atoms with E-state index in [1.54, 1.807) is 41.5 Å². The molecule has 1 saturated carbocycles. The highest BCUT2D eigenvalue weighted by Gasteiger charge is 2.68. The molecule has 3 atom stereocenters. The number of piperidine rings is 1. The summed E-state index contributed by atoms with van der Waals surface area (Å²) in [6.45, 7) is 9.91. The monoisotopic (exact) mass is 480 g/mol. The standard InChI is InChI=1S/C24H30F2N2O6/c1-22(2,3)33-20(31)27-18(30)10-17(29)19-16-11-24(16,13-7-14(25)9-15(26)8-13)12-28(19)21(32)34-23(4,5)6/h7-9,16,19H,10-12H2,1-6H3,(H,27,30,31)/t16-,19?,24+/m0/s1.